The Morgan fingerprint density at radius 3 is 2.43 bits per heavy atom. The lowest BCUT2D eigenvalue weighted by atomic mass is 9.73. The van der Waals surface area contributed by atoms with Crippen molar-refractivity contribution in [2.24, 2.45) is 5.41 Å². The van der Waals surface area contributed by atoms with Crippen molar-refractivity contribution in [2.75, 3.05) is 20.6 Å². The van der Waals surface area contributed by atoms with Gasteiger partial charge >= 0.3 is 0 Å². The summed E-state index contributed by atoms with van der Waals surface area (Å²) in [6, 6.07) is 10.1. The van der Waals surface area contributed by atoms with Crippen molar-refractivity contribution in [3.05, 3.63) is 35.4 Å². The Bertz CT molecular complexity index is 458. The third-order valence-corrected chi connectivity index (χ3v) is 5.15. The van der Waals surface area contributed by atoms with Gasteiger partial charge in [0.1, 0.15) is 0 Å². The highest BCUT2D eigenvalue weighted by molar-refractivity contribution is 5.31. The highest BCUT2D eigenvalue weighted by atomic mass is 15.1. The summed E-state index contributed by atoms with van der Waals surface area (Å²) in [5.74, 6) is 0.757. The van der Waals surface area contributed by atoms with Crippen LogP contribution in [0.3, 0.4) is 0 Å². The molecule has 0 aliphatic heterocycles. The lowest BCUT2D eigenvalue weighted by molar-refractivity contribution is 0.151. The molecule has 0 heterocycles. The predicted octanol–water partition coefficient (Wildman–Crippen LogP) is 3.81. The Hall–Kier alpha value is -0.860. The van der Waals surface area contributed by atoms with Gasteiger partial charge in [0.05, 0.1) is 0 Å². The summed E-state index contributed by atoms with van der Waals surface area (Å²) in [6.45, 7) is 10.4. The summed E-state index contributed by atoms with van der Waals surface area (Å²) in [6.07, 6.45) is 2.57. The molecule has 2 rings (SSSR count). The first kappa shape index (κ1) is 16.5. The highest BCUT2D eigenvalue weighted by Crippen LogP contribution is 2.39. The molecule has 2 heteroatoms. The molecule has 0 spiro atoms. The number of hydrogen-bond acceptors (Lipinski definition) is 2. The second-order valence-electron chi connectivity index (χ2n) is 7.84. The lowest BCUT2D eigenvalue weighted by Gasteiger charge is -2.43. The lowest BCUT2D eigenvalue weighted by Crippen LogP contribution is -2.52. The number of rotatable bonds is 6. The van der Waals surface area contributed by atoms with E-state index in [1.807, 2.05) is 0 Å². The molecule has 0 radical (unpaired) electrons. The number of nitrogens with zero attached hydrogens (tertiary/aromatic N) is 1. The summed E-state index contributed by atoms with van der Waals surface area (Å²) >= 11 is 0. The van der Waals surface area contributed by atoms with Gasteiger partial charge in [0, 0.05) is 18.6 Å². The van der Waals surface area contributed by atoms with E-state index in [1.165, 1.54) is 18.4 Å². The Balaban J connectivity index is 1.84. The Morgan fingerprint density at radius 1 is 1.24 bits per heavy atom. The zero-order valence-electron chi connectivity index (χ0n) is 14.6. The van der Waals surface area contributed by atoms with Gasteiger partial charge in [-0.2, -0.15) is 0 Å². The molecule has 1 unspecified atom stereocenters. The number of hydrogen-bond donors (Lipinski definition) is 1. The quantitative estimate of drug-likeness (QED) is 0.856. The summed E-state index contributed by atoms with van der Waals surface area (Å²) in [5.41, 5.74) is 3.30. The van der Waals surface area contributed by atoms with E-state index in [2.05, 4.69) is 76.3 Å². The normalized spacial score (nSPS) is 24.0. The van der Waals surface area contributed by atoms with Crippen molar-refractivity contribution in [2.45, 2.75) is 58.5 Å². The van der Waals surface area contributed by atoms with Gasteiger partial charge in [-0.25, -0.2) is 0 Å². The van der Waals surface area contributed by atoms with E-state index in [0.29, 0.717) is 17.5 Å². The smallest absolute Gasteiger partial charge is 0.0105 e. The fraction of sp³-hybridized carbons (Fsp3) is 0.684. The largest absolute Gasteiger partial charge is 0.311 e. The molecule has 1 fully saturated rings. The summed E-state index contributed by atoms with van der Waals surface area (Å²) < 4.78 is 0. The second-order valence-corrected chi connectivity index (χ2v) is 7.84. The second kappa shape index (κ2) is 6.50. The zero-order valence-corrected chi connectivity index (χ0v) is 14.6. The van der Waals surface area contributed by atoms with E-state index in [-0.39, 0.29) is 0 Å². The molecule has 2 nitrogen and oxygen atoms in total. The maximum Gasteiger partial charge on any atom is 0.0105 e. The van der Waals surface area contributed by atoms with Crippen molar-refractivity contribution in [3.63, 3.8) is 0 Å². The van der Waals surface area contributed by atoms with Crippen LogP contribution in [0.2, 0.25) is 0 Å². The molecule has 118 valence electrons. The molecular weight excluding hydrogens is 256 g/mol. The van der Waals surface area contributed by atoms with Crippen LogP contribution >= 0.6 is 0 Å². The topological polar surface area (TPSA) is 15.3 Å². The molecule has 1 aromatic rings. The molecule has 0 amide bonds. The minimum absolute atomic E-state index is 0.303. The number of nitrogens with one attached hydrogen (secondary N) is 1. The molecule has 1 aromatic carbocycles. The molecule has 1 atom stereocenters. The summed E-state index contributed by atoms with van der Waals surface area (Å²) in [4.78, 5) is 2.29. The fourth-order valence-corrected chi connectivity index (χ4v) is 3.58. The van der Waals surface area contributed by atoms with Gasteiger partial charge in [-0.1, -0.05) is 38.1 Å². The van der Waals surface area contributed by atoms with Gasteiger partial charge in [0.25, 0.3) is 0 Å². The average molecular weight is 288 g/mol. The van der Waals surface area contributed by atoms with Crippen molar-refractivity contribution in [1.29, 1.82) is 0 Å². The van der Waals surface area contributed by atoms with Crippen LogP contribution in [-0.2, 0) is 0 Å². The van der Waals surface area contributed by atoms with Crippen LogP contribution in [0.4, 0.5) is 0 Å². The Labute approximate surface area is 130 Å². The molecular formula is C19H32N2. The van der Waals surface area contributed by atoms with E-state index in [0.717, 1.165) is 12.5 Å². The molecule has 0 bridgehead atoms. The summed E-state index contributed by atoms with van der Waals surface area (Å²) in [5, 5.41) is 3.85. The molecule has 0 aromatic heterocycles. The van der Waals surface area contributed by atoms with Gasteiger partial charge < -0.3 is 10.2 Å². The van der Waals surface area contributed by atoms with Gasteiger partial charge in [0.15, 0.2) is 0 Å². The van der Waals surface area contributed by atoms with Gasteiger partial charge in [0.2, 0.25) is 0 Å². The van der Waals surface area contributed by atoms with E-state index in [1.54, 1.807) is 5.56 Å². The van der Waals surface area contributed by atoms with E-state index >= 15 is 0 Å². The van der Waals surface area contributed by atoms with Crippen LogP contribution in [0.1, 0.15) is 50.7 Å². The van der Waals surface area contributed by atoms with Gasteiger partial charge in [-0.3, -0.25) is 0 Å². The van der Waals surface area contributed by atoms with Crippen molar-refractivity contribution < 1.29 is 0 Å². The van der Waals surface area contributed by atoms with Crippen LogP contribution in [0.5, 0.6) is 0 Å². The predicted molar refractivity (Wildman–Crippen MR) is 91.9 cm³/mol. The maximum atomic E-state index is 3.85. The van der Waals surface area contributed by atoms with Crippen LogP contribution < -0.4 is 5.32 Å². The van der Waals surface area contributed by atoms with Gasteiger partial charge in [-0.05, 0) is 63.2 Å². The van der Waals surface area contributed by atoms with E-state index in [9.17, 15) is 0 Å². The molecule has 1 saturated carbocycles. The Kier molecular flexibility index (Phi) is 5.11. The van der Waals surface area contributed by atoms with Crippen molar-refractivity contribution in [1.82, 2.24) is 10.2 Å². The fourth-order valence-electron chi connectivity index (χ4n) is 3.58. The first-order chi connectivity index (χ1) is 9.79. The maximum absolute atomic E-state index is 3.85. The molecule has 21 heavy (non-hydrogen) atoms. The average Bonchev–Trinajstić information content (AvgIpc) is 2.32. The third-order valence-electron chi connectivity index (χ3n) is 5.15. The zero-order chi connectivity index (χ0) is 15.6. The SMILES string of the molecule is Cc1ccccc1C1CC(NC(C)C(C)(C)CN(C)C)C1. The third kappa shape index (κ3) is 4.08. The number of aryl methyl sites for hydroxylation is 1. The van der Waals surface area contributed by atoms with Crippen LogP contribution in [-0.4, -0.2) is 37.6 Å². The first-order valence-electron chi connectivity index (χ1n) is 8.26. The minimum atomic E-state index is 0.303. The first-order valence-corrected chi connectivity index (χ1v) is 8.26. The van der Waals surface area contributed by atoms with E-state index in [4.69, 9.17) is 0 Å². The van der Waals surface area contributed by atoms with Crippen LogP contribution in [0, 0.1) is 12.3 Å². The van der Waals surface area contributed by atoms with Crippen molar-refractivity contribution in [3.8, 4) is 0 Å². The highest BCUT2D eigenvalue weighted by Gasteiger charge is 2.35. The van der Waals surface area contributed by atoms with E-state index < -0.39 is 0 Å². The molecule has 0 saturated heterocycles. The van der Waals surface area contributed by atoms with Crippen LogP contribution in [0.25, 0.3) is 0 Å². The molecule has 1 N–H and O–H groups in total. The minimum Gasteiger partial charge on any atom is -0.311 e. The number of benzene rings is 1. The monoisotopic (exact) mass is 288 g/mol. The van der Waals surface area contributed by atoms with Crippen molar-refractivity contribution >= 4 is 0 Å². The Morgan fingerprint density at radius 2 is 1.86 bits per heavy atom. The standard InChI is InChI=1S/C19H32N2/c1-14-9-7-8-10-18(14)16-11-17(12-16)20-15(2)19(3,4)13-21(5)6/h7-10,15-17,20H,11-13H2,1-6H3. The summed E-state index contributed by atoms with van der Waals surface area (Å²) in [7, 11) is 4.32. The molecule has 1 aliphatic rings. The molecule has 1 aliphatic carbocycles. The van der Waals surface area contributed by atoms with Gasteiger partial charge in [-0.15, -0.1) is 0 Å². The van der Waals surface area contributed by atoms with Crippen LogP contribution in [0.15, 0.2) is 24.3 Å².